The van der Waals surface area contributed by atoms with Crippen molar-refractivity contribution in [2.45, 2.75) is 33.2 Å². The molecule has 5 nitrogen and oxygen atoms in total. The van der Waals surface area contributed by atoms with Gasteiger partial charge in [0, 0.05) is 18.7 Å². The molecule has 0 fully saturated rings. The van der Waals surface area contributed by atoms with Crippen LogP contribution in [-0.2, 0) is 4.79 Å². The van der Waals surface area contributed by atoms with E-state index in [2.05, 4.69) is 22.0 Å². The van der Waals surface area contributed by atoms with Crippen LogP contribution in [0.15, 0.2) is 35.9 Å². The van der Waals surface area contributed by atoms with Crippen LogP contribution in [0.25, 0.3) is 0 Å². The van der Waals surface area contributed by atoms with Gasteiger partial charge in [0.15, 0.2) is 0 Å². The summed E-state index contributed by atoms with van der Waals surface area (Å²) in [6, 6.07) is 6.83. The Labute approximate surface area is 143 Å². The SMILES string of the molecule is Cc1cccc(C(=O)NC(C(=O)NCC2=CCNCC2)C(C)C)c1. The lowest BCUT2D eigenvalue weighted by molar-refractivity contribution is -0.123. The fourth-order valence-electron chi connectivity index (χ4n) is 2.69. The highest BCUT2D eigenvalue weighted by Gasteiger charge is 2.24. The van der Waals surface area contributed by atoms with E-state index in [0.29, 0.717) is 12.1 Å². The van der Waals surface area contributed by atoms with Crippen molar-refractivity contribution in [3.8, 4) is 0 Å². The summed E-state index contributed by atoms with van der Waals surface area (Å²) in [4.78, 5) is 24.9. The van der Waals surface area contributed by atoms with E-state index in [1.54, 1.807) is 6.07 Å². The third-order valence-electron chi connectivity index (χ3n) is 4.16. The van der Waals surface area contributed by atoms with Crippen molar-refractivity contribution in [3.63, 3.8) is 0 Å². The Balaban J connectivity index is 1.96. The van der Waals surface area contributed by atoms with Gasteiger partial charge in [-0.1, -0.05) is 43.2 Å². The molecular weight excluding hydrogens is 302 g/mol. The van der Waals surface area contributed by atoms with Gasteiger partial charge in [0.05, 0.1) is 0 Å². The average molecular weight is 329 g/mol. The van der Waals surface area contributed by atoms with Crippen LogP contribution in [0.1, 0.15) is 36.2 Å². The van der Waals surface area contributed by atoms with Gasteiger partial charge in [-0.25, -0.2) is 0 Å². The second kappa shape index (κ2) is 8.64. The Morgan fingerprint density at radius 2 is 2.08 bits per heavy atom. The molecule has 1 unspecified atom stereocenters. The molecule has 1 aromatic carbocycles. The summed E-state index contributed by atoms with van der Waals surface area (Å²) in [6.45, 7) is 8.15. The number of carbonyl (C=O) groups excluding carboxylic acids is 2. The highest BCUT2D eigenvalue weighted by molar-refractivity contribution is 5.97. The summed E-state index contributed by atoms with van der Waals surface area (Å²) in [6.07, 6.45) is 3.06. The molecule has 0 aromatic heterocycles. The molecule has 1 aromatic rings. The van der Waals surface area contributed by atoms with Gasteiger partial charge in [0.25, 0.3) is 5.91 Å². The average Bonchev–Trinajstić information content (AvgIpc) is 2.58. The van der Waals surface area contributed by atoms with Crippen LogP contribution < -0.4 is 16.0 Å². The molecule has 1 heterocycles. The molecule has 1 atom stereocenters. The minimum absolute atomic E-state index is 0.0146. The van der Waals surface area contributed by atoms with Crippen LogP contribution >= 0.6 is 0 Å². The summed E-state index contributed by atoms with van der Waals surface area (Å²) >= 11 is 0. The predicted octanol–water partition coefficient (Wildman–Crippen LogP) is 1.79. The zero-order valence-electron chi connectivity index (χ0n) is 14.7. The maximum Gasteiger partial charge on any atom is 0.251 e. The first kappa shape index (κ1) is 18.2. The molecule has 0 saturated heterocycles. The maximum atomic E-state index is 12.5. The van der Waals surface area contributed by atoms with Gasteiger partial charge in [-0.15, -0.1) is 0 Å². The zero-order valence-corrected chi connectivity index (χ0v) is 14.7. The summed E-state index contributed by atoms with van der Waals surface area (Å²) in [5, 5.41) is 9.06. The molecule has 0 aliphatic carbocycles. The Morgan fingerprint density at radius 1 is 1.29 bits per heavy atom. The van der Waals surface area contributed by atoms with Crippen LogP contribution in [0, 0.1) is 12.8 Å². The Hall–Kier alpha value is -2.14. The molecule has 2 rings (SSSR count). The van der Waals surface area contributed by atoms with E-state index in [4.69, 9.17) is 0 Å². The first-order valence-electron chi connectivity index (χ1n) is 8.51. The van der Waals surface area contributed by atoms with Gasteiger partial charge in [-0.2, -0.15) is 0 Å². The highest BCUT2D eigenvalue weighted by Crippen LogP contribution is 2.08. The second-order valence-corrected chi connectivity index (χ2v) is 6.60. The highest BCUT2D eigenvalue weighted by atomic mass is 16.2. The van der Waals surface area contributed by atoms with E-state index in [1.807, 2.05) is 39.0 Å². The van der Waals surface area contributed by atoms with Crippen LogP contribution in [0.4, 0.5) is 0 Å². The predicted molar refractivity (Wildman–Crippen MR) is 95.9 cm³/mol. The summed E-state index contributed by atoms with van der Waals surface area (Å²) in [5.41, 5.74) is 2.83. The Bertz CT molecular complexity index is 623. The molecule has 1 aliphatic rings. The van der Waals surface area contributed by atoms with Crippen molar-refractivity contribution in [2.24, 2.45) is 5.92 Å². The number of benzene rings is 1. The van der Waals surface area contributed by atoms with Crippen molar-refractivity contribution in [3.05, 3.63) is 47.0 Å². The number of hydrogen-bond donors (Lipinski definition) is 3. The summed E-state index contributed by atoms with van der Waals surface area (Å²) in [5.74, 6) is -0.333. The molecule has 0 radical (unpaired) electrons. The Morgan fingerprint density at radius 3 is 2.71 bits per heavy atom. The van der Waals surface area contributed by atoms with Crippen molar-refractivity contribution in [2.75, 3.05) is 19.6 Å². The summed E-state index contributed by atoms with van der Waals surface area (Å²) < 4.78 is 0. The van der Waals surface area contributed by atoms with Gasteiger partial charge in [-0.3, -0.25) is 9.59 Å². The van der Waals surface area contributed by atoms with Crippen molar-refractivity contribution in [1.82, 2.24) is 16.0 Å². The van der Waals surface area contributed by atoms with Crippen molar-refractivity contribution < 1.29 is 9.59 Å². The molecular formula is C19H27N3O2. The molecule has 130 valence electrons. The molecule has 5 heteroatoms. The van der Waals surface area contributed by atoms with Crippen LogP contribution in [-0.4, -0.2) is 37.5 Å². The number of nitrogens with one attached hydrogen (secondary N) is 3. The molecule has 2 amide bonds. The fourth-order valence-corrected chi connectivity index (χ4v) is 2.69. The van der Waals surface area contributed by atoms with Crippen LogP contribution in [0.2, 0.25) is 0 Å². The van der Waals surface area contributed by atoms with Crippen LogP contribution in [0.5, 0.6) is 0 Å². The van der Waals surface area contributed by atoms with Gasteiger partial charge in [0.1, 0.15) is 6.04 Å². The lowest BCUT2D eigenvalue weighted by Crippen LogP contribution is -2.50. The van der Waals surface area contributed by atoms with Gasteiger partial charge in [-0.05, 0) is 37.9 Å². The quantitative estimate of drug-likeness (QED) is 0.697. The lowest BCUT2D eigenvalue weighted by Gasteiger charge is -2.23. The van der Waals surface area contributed by atoms with Gasteiger partial charge >= 0.3 is 0 Å². The zero-order chi connectivity index (χ0) is 17.5. The number of aryl methyl sites for hydroxylation is 1. The first-order chi connectivity index (χ1) is 11.5. The largest absolute Gasteiger partial charge is 0.351 e. The number of amides is 2. The molecule has 0 spiro atoms. The lowest BCUT2D eigenvalue weighted by atomic mass is 10.0. The fraction of sp³-hybridized carbons (Fsp3) is 0.474. The third-order valence-corrected chi connectivity index (χ3v) is 4.16. The van der Waals surface area contributed by atoms with E-state index >= 15 is 0 Å². The normalized spacial score (nSPS) is 15.6. The summed E-state index contributed by atoms with van der Waals surface area (Å²) in [7, 11) is 0. The minimum atomic E-state index is -0.541. The molecule has 0 bridgehead atoms. The van der Waals surface area contributed by atoms with Gasteiger partial charge in [0.2, 0.25) is 5.91 Å². The van der Waals surface area contributed by atoms with Crippen molar-refractivity contribution in [1.29, 1.82) is 0 Å². The van der Waals surface area contributed by atoms with Crippen molar-refractivity contribution >= 4 is 11.8 Å². The molecule has 1 aliphatic heterocycles. The minimum Gasteiger partial charge on any atom is -0.351 e. The van der Waals surface area contributed by atoms with E-state index in [-0.39, 0.29) is 17.7 Å². The van der Waals surface area contributed by atoms with Gasteiger partial charge < -0.3 is 16.0 Å². The number of carbonyl (C=O) groups is 2. The standard InChI is InChI=1S/C19H27N3O2/c1-13(2)17(19(24)21-12-15-7-9-20-10-8-15)22-18(23)16-6-4-5-14(3)11-16/h4-7,11,13,17,20H,8-10,12H2,1-3H3,(H,21,24)(H,22,23). The number of rotatable bonds is 6. The second-order valence-electron chi connectivity index (χ2n) is 6.60. The Kier molecular flexibility index (Phi) is 6.55. The smallest absolute Gasteiger partial charge is 0.251 e. The molecule has 3 N–H and O–H groups in total. The van der Waals surface area contributed by atoms with E-state index in [0.717, 1.165) is 25.1 Å². The maximum absolute atomic E-state index is 12.5. The van der Waals surface area contributed by atoms with E-state index in [1.165, 1.54) is 5.57 Å². The number of hydrogen-bond acceptors (Lipinski definition) is 3. The van der Waals surface area contributed by atoms with E-state index in [9.17, 15) is 9.59 Å². The topological polar surface area (TPSA) is 70.2 Å². The third kappa shape index (κ3) is 5.20. The van der Waals surface area contributed by atoms with E-state index < -0.39 is 6.04 Å². The van der Waals surface area contributed by atoms with Crippen LogP contribution in [0.3, 0.4) is 0 Å². The first-order valence-corrected chi connectivity index (χ1v) is 8.51. The molecule has 0 saturated carbocycles. The molecule has 24 heavy (non-hydrogen) atoms. The monoisotopic (exact) mass is 329 g/mol.